The Kier molecular flexibility index (Phi) is 4.80. The van der Waals surface area contributed by atoms with Crippen molar-refractivity contribution in [1.29, 1.82) is 0 Å². The zero-order valence-corrected chi connectivity index (χ0v) is 11.3. The van der Waals surface area contributed by atoms with Crippen molar-refractivity contribution in [2.24, 2.45) is 0 Å². The van der Waals surface area contributed by atoms with E-state index in [1.807, 2.05) is 13.0 Å². The Morgan fingerprint density at radius 2 is 2.12 bits per heavy atom. The highest BCUT2D eigenvalue weighted by molar-refractivity contribution is 9.08. The van der Waals surface area contributed by atoms with Gasteiger partial charge in [-0.1, -0.05) is 15.9 Å². The first-order valence-corrected chi connectivity index (χ1v) is 6.16. The van der Waals surface area contributed by atoms with Crippen molar-refractivity contribution in [3.8, 4) is 5.75 Å². The van der Waals surface area contributed by atoms with Gasteiger partial charge in [-0.2, -0.15) is 0 Å². The highest BCUT2D eigenvalue weighted by Gasteiger charge is 2.12. The third-order valence-electron chi connectivity index (χ3n) is 2.34. The molecule has 0 fully saturated rings. The lowest BCUT2D eigenvalue weighted by atomic mass is 10.1. The summed E-state index contributed by atoms with van der Waals surface area (Å²) < 4.78 is 10.2. The van der Waals surface area contributed by atoms with Gasteiger partial charge in [0.1, 0.15) is 5.75 Å². The SMILES string of the molecule is CCOC(=O)c1cc(CBr)c(C)c(OC)c1. The standard InChI is InChI=1S/C12H15BrO3/c1-4-16-12(14)9-5-10(7-13)8(2)11(6-9)15-3/h5-6H,4,7H2,1-3H3. The molecule has 1 rings (SSSR count). The molecule has 0 aliphatic carbocycles. The predicted octanol–water partition coefficient (Wildman–Crippen LogP) is 3.08. The van der Waals surface area contributed by atoms with Gasteiger partial charge in [-0.3, -0.25) is 0 Å². The number of carbonyl (C=O) groups is 1. The fourth-order valence-corrected chi connectivity index (χ4v) is 2.01. The molecular weight excluding hydrogens is 272 g/mol. The first-order valence-electron chi connectivity index (χ1n) is 5.04. The van der Waals surface area contributed by atoms with E-state index in [0.717, 1.165) is 11.1 Å². The van der Waals surface area contributed by atoms with Gasteiger partial charge in [-0.15, -0.1) is 0 Å². The third-order valence-corrected chi connectivity index (χ3v) is 2.95. The van der Waals surface area contributed by atoms with Gasteiger partial charge in [0.15, 0.2) is 0 Å². The number of benzene rings is 1. The number of ether oxygens (including phenoxy) is 2. The molecule has 0 radical (unpaired) electrons. The molecule has 1 aromatic rings. The number of carbonyl (C=O) groups excluding carboxylic acids is 1. The third kappa shape index (κ3) is 2.76. The second-order valence-electron chi connectivity index (χ2n) is 3.32. The van der Waals surface area contributed by atoms with Crippen LogP contribution < -0.4 is 4.74 Å². The lowest BCUT2D eigenvalue weighted by Crippen LogP contribution is -2.06. The minimum Gasteiger partial charge on any atom is -0.496 e. The molecule has 0 amide bonds. The molecule has 0 aliphatic heterocycles. The van der Waals surface area contributed by atoms with Gasteiger partial charge in [0, 0.05) is 5.33 Å². The van der Waals surface area contributed by atoms with Crippen LogP contribution in [0.3, 0.4) is 0 Å². The van der Waals surface area contributed by atoms with Crippen molar-refractivity contribution in [3.05, 3.63) is 28.8 Å². The van der Waals surface area contributed by atoms with Crippen LogP contribution in [-0.4, -0.2) is 19.7 Å². The second kappa shape index (κ2) is 5.89. The van der Waals surface area contributed by atoms with Crippen LogP contribution in [0.4, 0.5) is 0 Å². The summed E-state index contributed by atoms with van der Waals surface area (Å²) in [5.41, 5.74) is 2.59. The Balaban J connectivity index is 3.16. The molecule has 0 saturated carbocycles. The predicted molar refractivity (Wildman–Crippen MR) is 66.3 cm³/mol. The Morgan fingerprint density at radius 3 is 2.62 bits per heavy atom. The molecule has 1 aromatic carbocycles. The second-order valence-corrected chi connectivity index (χ2v) is 3.88. The molecule has 4 heteroatoms. The van der Waals surface area contributed by atoms with E-state index in [0.29, 0.717) is 23.2 Å². The molecule has 0 atom stereocenters. The van der Waals surface area contributed by atoms with Crippen LogP contribution in [0, 0.1) is 6.92 Å². The summed E-state index contributed by atoms with van der Waals surface area (Å²) >= 11 is 3.39. The molecule has 0 aliphatic rings. The molecule has 0 unspecified atom stereocenters. The van der Waals surface area contributed by atoms with E-state index in [2.05, 4.69) is 15.9 Å². The maximum atomic E-state index is 11.6. The van der Waals surface area contributed by atoms with Gasteiger partial charge in [0.2, 0.25) is 0 Å². The van der Waals surface area contributed by atoms with Crippen LogP contribution in [0.1, 0.15) is 28.4 Å². The fourth-order valence-electron chi connectivity index (χ4n) is 1.43. The number of methoxy groups -OCH3 is 1. The maximum Gasteiger partial charge on any atom is 0.338 e. The van der Waals surface area contributed by atoms with Gasteiger partial charge >= 0.3 is 5.97 Å². The van der Waals surface area contributed by atoms with E-state index >= 15 is 0 Å². The average molecular weight is 287 g/mol. The largest absolute Gasteiger partial charge is 0.496 e. The fraction of sp³-hybridized carbons (Fsp3) is 0.417. The zero-order valence-electron chi connectivity index (χ0n) is 9.67. The van der Waals surface area contributed by atoms with Crippen molar-refractivity contribution in [3.63, 3.8) is 0 Å². The Labute approximate surface area is 104 Å². The van der Waals surface area contributed by atoms with E-state index in [1.54, 1.807) is 20.1 Å². The molecule has 0 bridgehead atoms. The number of rotatable bonds is 4. The molecule has 0 spiro atoms. The summed E-state index contributed by atoms with van der Waals surface area (Å²) in [5.74, 6) is 0.392. The number of alkyl halides is 1. The molecule has 0 heterocycles. The normalized spacial score (nSPS) is 10.0. The highest BCUT2D eigenvalue weighted by Crippen LogP contribution is 2.25. The van der Waals surface area contributed by atoms with Crippen LogP contribution >= 0.6 is 15.9 Å². The molecule has 16 heavy (non-hydrogen) atoms. The molecule has 0 N–H and O–H groups in total. The molecule has 0 saturated heterocycles. The first kappa shape index (κ1) is 13.0. The number of halogens is 1. The van der Waals surface area contributed by atoms with Crippen LogP contribution in [0.5, 0.6) is 5.75 Å². The van der Waals surface area contributed by atoms with Crippen LogP contribution in [-0.2, 0) is 10.1 Å². The zero-order chi connectivity index (χ0) is 12.1. The van der Waals surface area contributed by atoms with E-state index in [-0.39, 0.29) is 5.97 Å². The van der Waals surface area contributed by atoms with Crippen LogP contribution in [0.15, 0.2) is 12.1 Å². The maximum absolute atomic E-state index is 11.6. The summed E-state index contributed by atoms with van der Waals surface area (Å²) in [7, 11) is 1.59. The first-order chi connectivity index (χ1) is 7.63. The van der Waals surface area contributed by atoms with Crippen LogP contribution in [0.2, 0.25) is 0 Å². The number of esters is 1. The van der Waals surface area contributed by atoms with Crippen molar-refractivity contribution in [1.82, 2.24) is 0 Å². The number of hydrogen-bond acceptors (Lipinski definition) is 3. The smallest absolute Gasteiger partial charge is 0.338 e. The minimum absolute atomic E-state index is 0.317. The summed E-state index contributed by atoms with van der Waals surface area (Å²) in [6, 6.07) is 3.53. The molecule has 0 aromatic heterocycles. The van der Waals surface area contributed by atoms with E-state index in [9.17, 15) is 4.79 Å². The van der Waals surface area contributed by atoms with Gasteiger partial charge in [-0.05, 0) is 37.1 Å². The number of hydrogen-bond donors (Lipinski definition) is 0. The summed E-state index contributed by atoms with van der Waals surface area (Å²) in [6.07, 6.45) is 0. The molecule has 88 valence electrons. The van der Waals surface area contributed by atoms with Gasteiger partial charge in [0.25, 0.3) is 0 Å². The van der Waals surface area contributed by atoms with Crippen molar-refractivity contribution in [2.45, 2.75) is 19.2 Å². The van der Waals surface area contributed by atoms with Gasteiger partial charge < -0.3 is 9.47 Å². The quantitative estimate of drug-likeness (QED) is 0.630. The van der Waals surface area contributed by atoms with E-state index < -0.39 is 0 Å². The van der Waals surface area contributed by atoms with Crippen molar-refractivity contribution >= 4 is 21.9 Å². The highest BCUT2D eigenvalue weighted by atomic mass is 79.9. The lowest BCUT2D eigenvalue weighted by molar-refractivity contribution is 0.0526. The minimum atomic E-state index is -0.317. The summed E-state index contributed by atoms with van der Waals surface area (Å²) in [5, 5.41) is 0.683. The topological polar surface area (TPSA) is 35.5 Å². The van der Waals surface area contributed by atoms with Gasteiger partial charge in [0.05, 0.1) is 19.3 Å². The molecular formula is C12H15BrO3. The lowest BCUT2D eigenvalue weighted by Gasteiger charge is -2.11. The summed E-state index contributed by atoms with van der Waals surface area (Å²) in [6.45, 7) is 4.12. The monoisotopic (exact) mass is 286 g/mol. The molecule has 3 nitrogen and oxygen atoms in total. The average Bonchev–Trinajstić information content (AvgIpc) is 2.29. The van der Waals surface area contributed by atoms with E-state index in [4.69, 9.17) is 9.47 Å². The van der Waals surface area contributed by atoms with E-state index in [1.165, 1.54) is 0 Å². The Morgan fingerprint density at radius 1 is 1.44 bits per heavy atom. The Bertz CT molecular complexity index is 363. The van der Waals surface area contributed by atoms with Gasteiger partial charge in [-0.25, -0.2) is 4.79 Å². The summed E-state index contributed by atoms with van der Waals surface area (Å²) in [4.78, 5) is 11.6. The Hall–Kier alpha value is -1.03. The van der Waals surface area contributed by atoms with Crippen molar-refractivity contribution in [2.75, 3.05) is 13.7 Å². The van der Waals surface area contributed by atoms with Crippen molar-refractivity contribution < 1.29 is 14.3 Å². The van der Waals surface area contributed by atoms with Crippen LogP contribution in [0.25, 0.3) is 0 Å².